The molecule has 3 aliphatic heterocycles. The predicted octanol–water partition coefficient (Wildman–Crippen LogP) is -0.0948. The molecule has 0 amide bonds. The lowest BCUT2D eigenvalue weighted by molar-refractivity contribution is -0.362. The molecular weight excluding hydrogens is 656 g/mol. The van der Waals surface area contributed by atoms with Gasteiger partial charge in [0.15, 0.2) is 12.6 Å². The molecule has 0 aromatic heterocycles. The number of carbonyl (C=O) groups is 1. The van der Waals surface area contributed by atoms with Gasteiger partial charge in [-0.3, -0.25) is 0 Å². The number of esters is 1. The van der Waals surface area contributed by atoms with Crippen molar-refractivity contribution >= 4 is 5.97 Å². The van der Waals surface area contributed by atoms with E-state index in [1.807, 2.05) is 0 Å². The Labute approximate surface area is 292 Å². The fraction of sp³-hybridized carbons (Fsp3) is 0.917. The molecule has 0 aromatic carbocycles. The van der Waals surface area contributed by atoms with Crippen molar-refractivity contribution in [1.82, 2.24) is 0 Å². The van der Waals surface area contributed by atoms with Gasteiger partial charge in [-0.05, 0) is 80.6 Å². The lowest BCUT2D eigenvalue weighted by atomic mass is 9.43. The molecule has 4 saturated carbocycles. The fourth-order valence-corrected chi connectivity index (χ4v) is 11.7. The van der Waals surface area contributed by atoms with Crippen LogP contribution in [0.4, 0.5) is 0 Å². The fourth-order valence-electron chi connectivity index (χ4n) is 11.7. The first kappa shape index (κ1) is 37.1. The van der Waals surface area contributed by atoms with Gasteiger partial charge in [-0.2, -0.15) is 0 Å². The number of aliphatic hydroxyl groups excluding tert-OH is 6. The Bertz CT molecular complexity index is 1300. The quantitative estimate of drug-likeness (QED) is 0.136. The van der Waals surface area contributed by atoms with Crippen molar-refractivity contribution in [2.24, 2.45) is 34.5 Å². The van der Waals surface area contributed by atoms with Crippen molar-refractivity contribution in [1.29, 1.82) is 0 Å². The molecule has 0 aromatic rings. The van der Waals surface area contributed by atoms with Gasteiger partial charge in [0.05, 0.1) is 30.5 Å². The third-order valence-electron chi connectivity index (χ3n) is 14.4. The lowest BCUT2D eigenvalue weighted by Crippen LogP contribution is -2.64. The molecule has 19 atom stereocenters. The van der Waals surface area contributed by atoms with Gasteiger partial charge < -0.3 is 64.2 Å². The molecule has 0 spiro atoms. The molecule has 50 heavy (non-hydrogen) atoms. The molecule has 7 N–H and O–H groups in total. The number of ether oxygens (including phenoxy) is 6. The van der Waals surface area contributed by atoms with Crippen LogP contribution in [0.5, 0.6) is 0 Å². The zero-order valence-electron chi connectivity index (χ0n) is 29.4. The lowest BCUT2D eigenvalue weighted by Gasteiger charge is -2.63. The van der Waals surface area contributed by atoms with E-state index in [1.54, 1.807) is 6.92 Å². The van der Waals surface area contributed by atoms with E-state index in [0.717, 1.165) is 50.5 Å². The second kappa shape index (κ2) is 13.5. The Morgan fingerprint density at radius 3 is 2.30 bits per heavy atom. The molecular formula is C36H56O14. The van der Waals surface area contributed by atoms with Crippen LogP contribution in [0.15, 0.2) is 11.6 Å². The first-order chi connectivity index (χ1) is 23.7. The van der Waals surface area contributed by atoms with E-state index in [1.165, 1.54) is 13.2 Å². The summed E-state index contributed by atoms with van der Waals surface area (Å²) in [6.45, 7) is 5.74. The van der Waals surface area contributed by atoms with Gasteiger partial charge in [0.2, 0.25) is 0 Å². The first-order valence-corrected chi connectivity index (χ1v) is 18.4. The molecule has 0 radical (unpaired) electrons. The summed E-state index contributed by atoms with van der Waals surface area (Å²) in [5.41, 5.74) is -0.841. The average molecular weight is 713 g/mol. The summed E-state index contributed by atoms with van der Waals surface area (Å²) in [6.07, 6.45) is -5.43. The van der Waals surface area contributed by atoms with E-state index < -0.39 is 85.1 Å². The topological polar surface area (TPSA) is 214 Å². The van der Waals surface area contributed by atoms with Gasteiger partial charge in [0.1, 0.15) is 49.3 Å². The normalized spacial score (nSPS) is 55.1. The molecule has 7 aliphatic rings. The van der Waals surface area contributed by atoms with E-state index in [0.29, 0.717) is 12.3 Å². The summed E-state index contributed by atoms with van der Waals surface area (Å²) in [4.78, 5) is 11.9. The summed E-state index contributed by atoms with van der Waals surface area (Å²) >= 11 is 0. The number of aliphatic hydroxyl groups is 7. The second-order valence-electron chi connectivity index (χ2n) is 16.7. The Morgan fingerprint density at radius 1 is 0.880 bits per heavy atom. The molecule has 3 unspecified atom stereocenters. The zero-order valence-corrected chi connectivity index (χ0v) is 29.4. The van der Waals surface area contributed by atoms with Crippen LogP contribution < -0.4 is 0 Å². The molecule has 0 bridgehead atoms. The Balaban J connectivity index is 1.000. The molecule has 284 valence electrons. The van der Waals surface area contributed by atoms with Crippen molar-refractivity contribution in [2.45, 2.75) is 151 Å². The van der Waals surface area contributed by atoms with Crippen LogP contribution in [0.2, 0.25) is 0 Å². The molecule has 14 nitrogen and oxygen atoms in total. The highest BCUT2D eigenvalue weighted by atomic mass is 16.7. The zero-order chi connectivity index (χ0) is 35.9. The van der Waals surface area contributed by atoms with Crippen molar-refractivity contribution in [2.75, 3.05) is 20.3 Å². The number of cyclic esters (lactones) is 1. The summed E-state index contributed by atoms with van der Waals surface area (Å²) < 4.78 is 35.0. The predicted molar refractivity (Wildman–Crippen MR) is 172 cm³/mol. The van der Waals surface area contributed by atoms with Crippen LogP contribution >= 0.6 is 0 Å². The van der Waals surface area contributed by atoms with Crippen LogP contribution in [-0.2, 0) is 33.2 Å². The number of fused-ring (bicyclic) bond motifs is 5. The first-order valence-electron chi connectivity index (χ1n) is 18.4. The van der Waals surface area contributed by atoms with E-state index in [2.05, 4.69) is 13.8 Å². The molecule has 3 heterocycles. The molecule has 2 saturated heterocycles. The third kappa shape index (κ3) is 5.72. The Hall–Kier alpha value is -1.27. The third-order valence-corrected chi connectivity index (χ3v) is 14.4. The smallest absolute Gasteiger partial charge is 0.331 e. The molecule has 6 fully saturated rings. The van der Waals surface area contributed by atoms with Gasteiger partial charge in [0.25, 0.3) is 0 Å². The SMILES string of the molecule is CO[C@@H]1[C@@H](O)[C@H](OC2CC[C@@]3(C)C(CC[C@@H]4[C@@H]3CC[C@]3(C)[C@@H](C5=CC(=O)OC5)C(O)C[C@]43O)C2)O[C@H](C)[C@@H]1O[C@@H]1O[C@H](CO)[C@@H](O)[C@H](O)[C@H]1O. The largest absolute Gasteiger partial charge is 0.458 e. The van der Waals surface area contributed by atoms with Crippen LogP contribution in [0.25, 0.3) is 0 Å². The van der Waals surface area contributed by atoms with Crippen LogP contribution in [-0.4, -0.2) is 141 Å². The summed E-state index contributed by atoms with van der Waals surface area (Å²) in [7, 11) is 1.42. The maximum absolute atomic E-state index is 12.5. The average Bonchev–Trinajstić information content (AvgIpc) is 3.59. The number of hydrogen-bond donors (Lipinski definition) is 7. The van der Waals surface area contributed by atoms with Crippen molar-refractivity contribution in [3.05, 3.63) is 11.6 Å². The highest BCUT2D eigenvalue weighted by Crippen LogP contribution is 2.70. The summed E-state index contributed by atoms with van der Waals surface area (Å²) in [5.74, 6) is -0.0506. The van der Waals surface area contributed by atoms with Crippen LogP contribution in [0.1, 0.15) is 72.1 Å². The maximum atomic E-state index is 12.5. The van der Waals surface area contributed by atoms with Crippen molar-refractivity contribution in [3.63, 3.8) is 0 Å². The van der Waals surface area contributed by atoms with E-state index in [-0.39, 0.29) is 41.8 Å². The minimum absolute atomic E-state index is 0.0330. The maximum Gasteiger partial charge on any atom is 0.331 e. The Morgan fingerprint density at radius 2 is 1.62 bits per heavy atom. The van der Waals surface area contributed by atoms with Gasteiger partial charge in [-0.25, -0.2) is 4.79 Å². The highest BCUT2D eigenvalue weighted by Gasteiger charge is 2.70. The van der Waals surface area contributed by atoms with E-state index in [4.69, 9.17) is 28.4 Å². The number of rotatable bonds is 7. The van der Waals surface area contributed by atoms with Crippen molar-refractivity contribution in [3.8, 4) is 0 Å². The summed E-state index contributed by atoms with van der Waals surface area (Å²) in [5, 5.41) is 75.7. The number of methoxy groups -OCH3 is 1. The molecule has 7 rings (SSSR count). The van der Waals surface area contributed by atoms with Gasteiger partial charge in [0, 0.05) is 30.9 Å². The summed E-state index contributed by atoms with van der Waals surface area (Å²) in [6, 6.07) is 0. The van der Waals surface area contributed by atoms with Crippen molar-refractivity contribution < 1.29 is 69.0 Å². The highest BCUT2D eigenvalue weighted by molar-refractivity contribution is 5.85. The van der Waals surface area contributed by atoms with Crippen LogP contribution in [0, 0.1) is 34.5 Å². The minimum atomic E-state index is -1.61. The monoisotopic (exact) mass is 712 g/mol. The van der Waals surface area contributed by atoms with E-state index >= 15 is 0 Å². The van der Waals surface area contributed by atoms with E-state index in [9.17, 15) is 40.5 Å². The minimum Gasteiger partial charge on any atom is -0.458 e. The van der Waals surface area contributed by atoms with Crippen LogP contribution in [0.3, 0.4) is 0 Å². The van der Waals surface area contributed by atoms with Gasteiger partial charge in [-0.15, -0.1) is 0 Å². The second-order valence-corrected chi connectivity index (χ2v) is 16.7. The molecule has 4 aliphatic carbocycles. The van der Waals surface area contributed by atoms with Gasteiger partial charge >= 0.3 is 5.97 Å². The number of carbonyl (C=O) groups excluding carboxylic acids is 1. The Kier molecular flexibility index (Phi) is 10.0. The van der Waals surface area contributed by atoms with Gasteiger partial charge in [-0.1, -0.05) is 13.8 Å². The standard InChI is InChI=1S/C36H56O14/c1-16-30(50-32-28(42)27(41)26(40)23(14-37)49-32)31(45-4)29(43)33(47-16)48-19-7-9-34(2)18(12-19)5-6-21-20(34)8-10-35(3)25(17-11-24(39)46-15-17)22(38)13-36(21,35)44/h11,16,18-23,25-33,37-38,40-44H,5-10,12-15H2,1-4H3/t16-,18?,19?,20+,21-,22?,23-,25+,26-,27+,28-,29-,30+,31-,32+,33+,34+,35-,36+/m1/s1. The molecule has 14 heteroatoms. The number of hydrogen-bond acceptors (Lipinski definition) is 14.